The van der Waals surface area contributed by atoms with Gasteiger partial charge in [0.2, 0.25) is 10.0 Å². The van der Waals surface area contributed by atoms with Crippen molar-refractivity contribution in [2.45, 2.75) is 37.4 Å². The molecule has 6 nitrogen and oxygen atoms in total. The largest absolute Gasteiger partial charge is 0.300 e. The first-order valence-electron chi connectivity index (χ1n) is 8.50. The van der Waals surface area contributed by atoms with E-state index in [2.05, 4.69) is 10.3 Å². The van der Waals surface area contributed by atoms with Crippen molar-refractivity contribution in [3.05, 3.63) is 18.2 Å². The molecule has 0 radical (unpaired) electrons. The standard InChI is InChI=1S/C17H23Cl2N3O3S2/c1-10(2)8-22(9-11(3)4)27(24,25)12-5-6-13-14(7-12)26-17(20-13)21-16(23)15(18)19/h5-7,10-11,15H,8-9H2,1-4H3,(H,20,21,23). The third-order valence-corrected chi connectivity index (χ3v) is 6.72. The number of nitrogens with one attached hydrogen (secondary N) is 1. The Balaban J connectivity index is 2.37. The molecule has 150 valence electrons. The first-order valence-corrected chi connectivity index (χ1v) is 11.6. The van der Waals surface area contributed by atoms with Gasteiger partial charge in [0.1, 0.15) is 0 Å². The summed E-state index contributed by atoms with van der Waals surface area (Å²) in [5, 5.41) is 2.83. The van der Waals surface area contributed by atoms with Crippen molar-refractivity contribution in [3.63, 3.8) is 0 Å². The van der Waals surface area contributed by atoms with Gasteiger partial charge < -0.3 is 0 Å². The summed E-state index contributed by atoms with van der Waals surface area (Å²) < 4.78 is 28.4. The van der Waals surface area contributed by atoms with Crippen LogP contribution >= 0.6 is 34.5 Å². The molecule has 1 heterocycles. The Morgan fingerprint density at radius 3 is 2.30 bits per heavy atom. The number of fused-ring (bicyclic) bond motifs is 1. The number of benzene rings is 1. The summed E-state index contributed by atoms with van der Waals surface area (Å²) >= 11 is 12.2. The number of rotatable bonds is 8. The number of carbonyl (C=O) groups excluding carboxylic acids is 1. The fourth-order valence-electron chi connectivity index (χ4n) is 2.51. The average molecular weight is 452 g/mol. The molecule has 0 aliphatic rings. The highest BCUT2D eigenvalue weighted by atomic mass is 35.5. The van der Waals surface area contributed by atoms with Gasteiger partial charge in [-0.15, -0.1) is 0 Å². The molecule has 0 fully saturated rings. The highest BCUT2D eigenvalue weighted by Gasteiger charge is 2.26. The van der Waals surface area contributed by atoms with Gasteiger partial charge >= 0.3 is 0 Å². The van der Waals surface area contributed by atoms with Crippen LogP contribution in [-0.4, -0.2) is 41.5 Å². The summed E-state index contributed by atoms with van der Waals surface area (Å²) in [6, 6.07) is 4.77. The van der Waals surface area contributed by atoms with Gasteiger partial charge in [0.25, 0.3) is 5.91 Å². The van der Waals surface area contributed by atoms with Crippen LogP contribution in [0.1, 0.15) is 27.7 Å². The quantitative estimate of drug-likeness (QED) is 0.605. The lowest BCUT2D eigenvalue weighted by atomic mass is 10.2. The minimum absolute atomic E-state index is 0.213. The normalized spacial score (nSPS) is 12.7. The topological polar surface area (TPSA) is 79.4 Å². The highest BCUT2D eigenvalue weighted by molar-refractivity contribution is 7.89. The van der Waals surface area contributed by atoms with Gasteiger partial charge in [-0.3, -0.25) is 10.1 Å². The zero-order valence-electron chi connectivity index (χ0n) is 15.6. The summed E-state index contributed by atoms with van der Waals surface area (Å²) in [4.78, 5) is 14.9. The van der Waals surface area contributed by atoms with Crippen molar-refractivity contribution >= 4 is 65.8 Å². The summed E-state index contributed by atoms with van der Waals surface area (Å²) in [5.74, 6) is -0.150. The molecule has 0 saturated carbocycles. The van der Waals surface area contributed by atoms with Gasteiger partial charge in [0.15, 0.2) is 9.97 Å². The van der Waals surface area contributed by atoms with E-state index in [1.165, 1.54) is 15.6 Å². The molecule has 1 N–H and O–H groups in total. The second kappa shape index (κ2) is 9.05. The Kier molecular flexibility index (Phi) is 7.49. The van der Waals surface area contributed by atoms with Crippen molar-refractivity contribution in [1.29, 1.82) is 0 Å². The molecule has 27 heavy (non-hydrogen) atoms. The number of sulfonamides is 1. The number of anilines is 1. The summed E-state index contributed by atoms with van der Waals surface area (Å²) in [5.41, 5.74) is 0.592. The molecule has 1 amide bonds. The number of amides is 1. The molecule has 0 saturated heterocycles. The second-order valence-corrected chi connectivity index (χ2v) is 11.1. The fraction of sp³-hybridized carbons (Fsp3) is 0.529. The van der Waals surface area contributed by atoms with E-state index >= 15 is 0 Å². The van der Waals surface area contributed by atoms with E-state index in [1.807, 2.05) is 27.7 Å². The van der Waals surface area contributed by atoms with Crippen molar-refractivity contribution in [2.75, 3.05) is 18.4 Å². The summed E-state index contributed by atoms with van der Waals surface area (Å²) in [6.45, 7) is 8.87. The predicted molar refractivity (Wildman–Crippen MR) is 112 cm³/mol. The zero-order valence-corrected chi connectivity index (χ0v) is 18.7. The number of carbonyl (C=O) groups is 1. The predicted octanol–water partition coefficient (Wildman–Crippen LogP) is 4.34. The molecule has 2 rings (SSSR count). The monoisotopic (exact) mass is 451 g/mol. The van der Waals surface area contributed by atoms with Crippen LogP contribution in [0.15, 0.2) is 23.1 Å². The van der Waals surface area contributed by atoms with Crippen molar-refractivity contribution in [3.8, 4) is 0 Å². The Labute approximate surface area is 173 Å². The number of halogens is 2. The van der Waals surface area contributed by atoms with E-state index in [9.17, 15) is 13.2 Å². The molecule has 1 aromatic carbocycles. The van der Waals surface area contributed by atoms with Gasteiger partial charge in [-0.1, -0.05) is 62.2 Å². The van der Waals surface area contributed by atoms with Crippen LogP contribution in [0, 0.1) is 11.8 Å². The third kappa shape index (κ3) is 5.77. The lowest BCUT2D eigenvalue weighted by molar-refractivity contribution is -0.114. The lowest BCUT2D eigenvalue weighted by Crippen LogP contribution is -2.37. The molecule has 0 bridgehead atoms. The first kappa shape index (κ1) is 22.4. The smallest absolute Gasteiger partial charge is 0.259 e. The molecule has 0 aliphatic carbocycles. The van der Waals surface area contributed by atoms with Crippen LogP contribution in [0.2, 0.25) is 0 Å². The Hall–Kier alpha value is -0.930. The van der Waals surface area contributed by atoms with Gasteiger partial charge in [0, 0.05) is 13.1 Å². The maximum atomic E-state index is 13.1. The van der Waals surface area contributed by atoms with Crippen molar-refractivity contribution in [2.24, 2.45) is 11.8 Å². The Morgan fingerprint density at radius 1 is 1.19 bits per heavy atom. The lowest BCUT2D eigenvalue weighted by Gasteiger charge is -2.25. The minimum atomic E-state index is -3.63. The van der Waals surface area contributed by atoms with Crippen LogP contribution in [0.4, 0.5) is 5.13 Å². The average Bonchev–Trinajstić information content (AvgIpc) is 2.94. The SMILES string of the molecule is CC(C)CN(CC(C)C)S(=O)(=O)c1ccc2nc(NC(=O)C(Cl)Cl)sc2c1. The molecular weight excluding hydrogens is 429 g/mol. The maximum absolute atomic E-state index is 13.1. The summed E-state index contributed by atoms with van der Waals surface area (Å²) in [6.07, 6.45) is 0. The van der Waals surface area contributed by atoms with Crippen LogP contribution in [0.3, 0.4) is 0 Å². The number of hydrogen-bond donors (Lipinski definition) is 1. The van der Waals surface area contributed by atoms with E-state index in [0.29, 0.717) is 28.4 Å². The van der Waals surface area contributed by atoms with Gasteiger partial charge in [-0.2, -0.15) is 4.31 Å². The Bertz CT molecular complexity index is 901. The molecule has 0 aliphatic heterocycles. The van der Waals surface area contributed by atoms with Crippen LogP contribution in [-0.2, 0) is 14.8 Å². The number of thiazole rings is 1. The number of aromatic nitrogens is 1. The molecule has 0 unspecified atom stereocenters. The van der Waals surface area contributed by atoms with E-state index in [0.717, 1.165) is 0 Å². The molecule has 2 aromatic rings. The van der Waals surface area contributed by atoms with E-state index in [1.54, 1.807) is 18.2 Å². The maximum Gasteiger partial charge on any atom is 0.259 e. The highest BCUT2D eigenvalue weighted by Crippen LogP contribution is 2.30. The minimum Gasteiger partial charge on any atom is -0.300 e. The second-order valence-electron chi connectivity index (χ2n) is 7.05. The van der Waals surface area contributed by atoms with E-state index in [4.69, 9.17) is 23.2 Å². The molecule has 0 spiro atoms. The first-order chi connectivity index (χ1) is 12.5. The van der Waals surface area contributed by atoms with Crippen LogP contribution < -0.4 is 5.32 Å². The van der Waals surface area contributed by atoms with E-state index in [-0.39, 0.29) is 16.7 Å². The van der Waals surface area contributed by atoms with Crippen molar-refractivity contribution < 1.29 is 13.2 Å². The third-order valence-electron chi connectivity index (χ3n) is 3.56. The zero-order chi connectivity index (χ0) is 20.4. The van der Waals surface area contributed by atoms with Crippen LogP contribution in [0.25, 0.3) is 10.2 Å². The van der Waals surface area contributed by atoms with Crippen molar-refractivity contribution in [1.82, 2.24) is 9.29 Å². The summed E-state index contributed by atoms with van der Waals surface area (Å²) in [7, 11) is -3.63. The van der Waals surface area contributed by atoms with E-state index < -0.39 is 20.8 Å². The number of nitrogens with zero attached hydrogens (tertiary/aromatic N) is 2. The van der Waals surface area contributed by atoms with Gasteiger partial charge in [-0.05, 0) is 30.0 Å². The molecular formula is C17H23Cl2N3O3S2. The molecule has 10 heteroatoms. The van der Waals surface area contributed by atoms with Crippen LogP contribution in [0.5, 0.6) is 0 Å². The molecule has 0 atom stereocenters. The fourth-order valence-corrected chi connectivity index (χ4v) is 5.40. The van der Waals surface area contributed by atoms with Gasteiger partial charge in [0.05, 0.1) is 15.1 Å². The number of alkyl halides is 2. The Morgan fingerprint density at radius 2 is 1.78 bits per heavy atom. The molecule has 1 aromatic heterocycles. The number of hydrogen-bond acceptors (Lipinski definition) is 5. The van der Waals surface area contributed by atoms with Gasteiger partial charge in [-0.25, -0.2) is 13.4 Å².